The van der Waals surface area contributed by atoms with Crippen molar-refractivity contribution in [2.75, 3.05) is 25.2 Å². The first kappa shape index (κ1) is 13.5. The zero-order chi connectivity index (χ0) is 14.0. The molecule has 1 aliphatic rings. The predicted molar refractivity (Wildman–Crippen MR) is 65.3 cm³/mol. The lowest BCUT2D eigenvalue weighted by atomic mass is 10.1. The molecule has 19 heavy (non-hydrogen) atoms. The summed E-state index contributed by atoms with van der Waals surface area (Å²) in [5.74, 6) is -1.60. The molecule has 0 spiro atoms. The van der Waals surface area contributed by atoms with Crippen LogP contribution in [0.25, 0.3) is 0 Å². The van der Waals surface area contributed by atoms with E-state index in [2.05, 4.69) is 4.74 Å². The van der Waals surface area contributed by atoms with E-state index in [9.17, 15) is 14.0 Å². The maximum absolute atomic E-state index is 13.3. The number of amides is 1. The highest BCUT2D eigenvalue weighted by Crippen LogP contribution is 2.29. The third kappa shape index (κ3) is 2.58. The van der Waals surface area contributed by atoms with E-state index in [1.165, 1.54) is 18.1 Å². The Hall–Kier alpha value is -1.95. The van der Waals surface area contributed by atoms with Gasteiger partial charge in [0.1, 0.15) is 5.82 Å². The van der Waals surface area contributed by atoms with Gasteiger partial charge in [-0.3, -0.25) is 4.79 Å². The van der Waals surface area contributed by atoms with E-state index in [-0.39, 0.29) is 42.6 Å². The highest BCUT2D eigenvalue weighted by Gasteiger charge is 2.32. The maximum atomic E-state index is 13.3. The zero-order valence-electron chi connectivity index (χ0n) is 10.4. The Balaban J connectivity index is 2.41. The first-order valence-electron chi connectivity index (χ1n) is 5.86. The highest BCUT2D eigenvalue weighted by molar-refractivity contribution is 6.03. The number of hydrogen-bond acceptors (Lipinski definition) is 4. The van der Waals surface area contributed by atoms with Crippen LogP contribution in [-0.4, -0.2) is 37.2 Å². The summed E-state index contributed by atoms with van der Waals surface area (Å²) in [6.07, 6.45) is 0.188. The Morgan fingerprint density at radius 2 is 2.32 bits per heavy atom. The van der Waals surface area contributed by atoms with Crippen molar-refractivity contribution in [3.63, 3.8) is 0 Å². The number of esters is 1. The molecule has 1 heterocycles. The number of ether oxygens (including phenoxy) is 1. The normalized spacial score (nSPS) is 18.8. The molecule has 0 aromatic heterocycles. The van der Waals surface area contributed by atoms with Gasteiger partial charge >= 0.3 is 5.97 Å². The Bertz CT molecular complexity index is 517. The van der Waals surface area contributed by atoms with E-state index in [1.807, 2.05) is 0 Å². The minimum Gasteiger partial charge on any atom is -0.465 e. The first-order valence-corrected chi connectivity index (χ1v) is 5.86. The second-order valence-corrected chi connectivity index (χ2v) is 4.41. The van der Waals surface area contributed by atoms with E-state index in [0.717, 1.165) is 12.1 Å². The van der Waals surface area contributed by atoms with Gasteiger partial charge in [0, 0.05) is 25.5 Å². The molecule has 0 bridgehead atoms. The van der Waals surface area contributed by atoms with Crippen LogP contribution in [-0.2, 0) is 9.53 Å². The number of carbonyl (C=O) groups excluding carboxylic acids is 2. The van der Waals surface area contributed by atoms with Gasteiger partial charge in [0.25, 0.3) is 0 Å². The van der Waals surface area contributed by atoms with Crippen molar-refractivity contribution in [2.24, 2.45) is 5.92 Å². The van der Waals surface area contributed by atoms with Crippen LogP contribution in [0.5, 0.6) is 0 Å². The molecule has 1 aromatic carbocycles. The molecular formula is C13H14FNO4. The van der Waals surface area contributed by atoms with Crippen LogP contribution in [0.15, 0.2) is 18.2 Å². The minimum atomic E-state index is -0.629. The summed E-state index contributed by atoms with van der Waals surface area (Å²) >= 11 is 0. The van der Waals surface area contributed by atoms with Crippen LogP contribution in [0.1, 0.15) is 16.8 Å². The second kappa shape index (κ2) is 5.36. The summed E-state index contributed by atoms with van der Waals surface area (Å²) in [5.41, 5.74) is 0.323. The van der Waals surface area contributed by atoms with Crippen molar-refractivity contribution < 1.29 is 23.8 Å². The lowest BCUT2D eigenvalue weighted by Gasteiger charge is -2.19. The van der Waals surface area contributed by atoms with Gasteiger partial charge in [0.05, 0.1) is 18.4 Å². The van der Waals surface area contributed by atoms with E-state index >= 15 is 0 Å². The Labute approximate surface area is 109 Å². The predicted octanol–water partition coefficient (Wildman–Crippen LogP) is 0.958. The molecule has 102 valence electrons. The number of rotatable bonds is 3. The quantitative estimate of drug-likeness (QED) is 0.828. The fraction of sp³-hybridized carbons (Fsp3) is 0.385. The number of aliphatic hydroxyl groups is 1. The molecule has 1 atom stereocenters. The van der Waals surface area contributed by atoms with Crippen LogP contribution < -0.4 is 4.90 Å². The minimum absolute atomic E-state index is 0.120. The number of aliphatic hydroxyl groups excluding tert-OH is 1. The molecular weight excluding hydrogens is 253 g/mol. The van der Waals surface area contributed by atoms with Gasteiger partial charge < -0.3 is 14.7 Å². The Morgan fingerprint density at radius 1 is 1.58 bits per heavy atom. The lowest BCUT2D eigenvalue weighted by molar-refractivity contribution is -0.117. The smallest absolute Gasteiger partial charge is 0.339 e. The molecule has 1 N–H and O–H groups in total. The standard InChI is InChI=1S/C13H14FNO4/c1-19-13(18)10-3-2-9(14)5-11(10)15-6-8(7-16)4-12(15)17/h2-3,5,8,16H,4,6-7H2,1H3. The molecule has 1 fully saturated rings. The SMILES string of the molecule is COC(=O)c1ccc(F)cc1N1CC(CO)CC1=O. The van der Waals surface area contributed by atoms with E-state index < -0.39 is 11.8 Å². The topological polar surface area (TPSA) is 66.8 Å². The monoisotopic (exact) mass is 267 g/mol. The first-order chi connectivity index (χ1) is 9.06. The molecule has 0 aliphatic carbocycles. The number of nitrogens with zero attached hydrogens (tertiary/aromatic N) is 1. The molecule has 2 rings (SSSR count). The fourth-order valence-electron chi connectivity index (χ4n) is 2.15. The van der Waals surface area contributed by atoms with Gasteiger partial charge in [-0.15, -0.1) is 0 Å². The number of anilines is 1. The van der Waals surface area contributed by atoms with Crippen LogP contribution in [0.4, 0.5) is 10.1 Å². The van der Waals surface area contributed by atoms with E-state index in [0.29, 0.717) is 0 Å². The van der Waals surface area contributed by atoms with Gasteiger partial charge in [0.2, 0.25) is 5.91 Å². The number of carbonyl (C=O) groups is 2. The second-order valence-electron chi connectivity index (χ2n) is 4.41. The lowest BCUT2D eigenvalue weighted by Crippen LogP contribution is -2.27. The Morgan fingerprint density at radius 3 is 2.89 bits per heavy atom. The molecule has 5 nitrogen and oxygen atoms in total. The van der Waals surface area contributed by atoms with Gasteiger partial charge in [-0.1, -0.05) is 0 Å². The van der Waals surface area contributed by atoms with Crippen LogP contribution in [0.3, 0.4) is 0 Å². The average molecular weight is 267 g/mol. The summed E-state index contributed by atoms with van der Waals surface area (Å²) in [6, 6.07) is 3.56. The van der Waals surface area contributed by atoms with Gasteiger partial charge in [0.15, 0.2) is 0 Å². The number of hydrogen-bond donors (Lipinski definition) is 1. The summed E-state index contributed by atoms with van der Waals surface area (Å²) in [4.78, 5) is 24.8. The number of halogens is 1. The van der Waals surface area contributed by atoms with Crippen molar-refractivity contribution >= 4 is 17.6 Å². The fourth-order valence-corrected chi connectivity index (χ4v) is 2.15. The van der Waals surface area contributed by atoms with Gasteiger partial charge in [-0.25, -0.2) is 9.18 Å². The van der Waals surface area contributed by atoms with Crippen LogP contribution in [0.2, 0.25) is 0 Å². The van der Waals surface area contributed by atoms with Crippen molar-refractivity contribution in [3.05, 3.63) is 29.6 Å². The largest absolute Gasteiger partial charge is 0.465 e. The van der Waals surface area contributed by atoms with Crippen molar-refractivity contribution in [2.45, 2.75) is 6.42 Å². The molecule has 1 saturated heterocycles. The summed E-state index contributed by atoms with van der Waals surface area (Å²) < 4.78 is 18.0. The molecule has 1 amide bonds. The Kier molecular flexibility index (Phi) is 3.80. The number of benzene rings is 1. The maximum Gasteiger partial charge on any atom is 0.339 e. The summed E-state index contributed by atoms with van der Waals surface area (Å²) in [5, 5.41) is 9.08. The van der Waals surface area contributed by atoms with Crippen molar-refractivity contribution in [3.8, 4) is 0 Å². The number of methoxy groups -OCH3 is 1. The van der Waals surface area contributed by atoms with Crippen LogP contribution in [0, 0.1) is 11.7 Å². The summed E-state index contributed by atoms with van der Waals surface area (Å²) in [7, 11) is 1.22. The summed E-state index contributed by atoms with van der Waals surface area (Å²) in [6.45, 7) is 0.147. The van der Waals surface area contributed by atoms with Gasteiger partial charge in [-0.2, -0.15) is 0 Å². The highest BCUT2D eigenvalue weighted by atomic mass is 19.1. The van der Waals surface area contributed by atoms with Crippen molar-refractivity contribution in [1.82, 2.24) is 0 Å². The average Bonchev–Trinajstić information content (AvgIpc) is 2.79. The molecule has 1 unspecified atom stereocenters. The molecule has 0 saturated carbocycles. The molecule has 0 radical (unpaired) electrons. The third-order valence-corrected chi connectivity index (χ3v) is 3.12. The molecule has 1 aliphatic heterocycles. The van der Waals surface area contributed by atoms with E-state index in [4.69, 9.17) is 5.11 Å². The van der Waals surface area contributed by atoms with Crippen LogP contribution >= 0.6 is 0 Å². The van der Waals surface area contributed by atoms with E-state index in [1.54, 1.807) is 0 Å². The molecule has 6 heteroatoms. The zero-order valence-corrected chi connectivity index (χ0v) is 10.4. The third-order valence-electron chi connectivity index (χ3n) is 3.12. The van der Waals surface area contributed by atoms with Gasteiger partial charge in [-0.05, 0) is 18.2 Å². The molecule has 1 aromatic rings. The van der Waals surface area contributed by atoms with Crippen molar-refractivity contribution in [1.29, 1.82) is 0 Å².